The zero-order chi connectivity index (χ0) is 96.7. The molecule has 147 heavy (non-hydrogen) atoms. The molecule has 0 saturated heterocycles. The van der Waals surface area contributed by atoms with Crippen molar-refractivity contribution in [2.45, 2.75) is 0 Å². The second-order valence-corrected chi connectivity index (χ2v) is 37.7. The van der Waals surface area contributed by atoms with Gasteiger partial charge >= 0.3 is 0 Å². The summed E-state index contributed by atoms with van der Waals surface area (Å²) in [6.45, 7) is 0. The smallest absolute Gasteiger partial charge is 0.164 e. The molecule has 0 atom stereocenters. The fraction of sp³-hybridized carbons (Fsp3) is 0. The van der Waals surface area contributed by atoms with Gasteiger partial charge in [0.25, 0.3) is 0 Å². The Morgan fingerprint density at radius 1 is 0.197 bits per heavy atom. The third kappa shape index (κ3) is 12.0. The van der Waals surface area contributed by atoms with Crippen LogP contribution in [-0.2, 0) is 0 Å². The number of hydrogen-bond acceptors (Lipinski definition) is 14. The molecule has 13 aromatic carbocycles. The van der Waals surface area contributed by atoms with Crippen molar-refractivity contribution in [2.75, 3.05) is 0 Å². The first-order valence-corrected chi connectivity index (χ1v) is 49.1. The topological polar surface area (TPSA) is 229 Å². The number of hydrogen-bond donors (Lipinski definition) is 0. The minimum absolute atomic E-state index is 0.383. The van der Waals surface area contributed by atoms with Crippen molar-refractivity contribution in [3.05, 3.63) is 444 Å². The third-order valence-electron chi connectivity index (χ3n) is 29.2. The van der Waals surface area contributed by atoms with Crippen LogP contribution in [0.5, 0.6) is 0 Å². The molecule has 0 amide bonds. The SMILES string of the molecule is N#Cc1c(-n2c3ccccc3c3ccncc32)c(-n2c3ccccc3c3ccncc32)c(-c2nc(-c3ccccc3)cc(-c3ccccc3)n2)c(-n2c3ccccc3c3ccncc32)c1-n1c2ccccc2c2ccncc21.N#Cc1c(-n2c3ccccc3c3ccncc32)c(-n2c3ccccc3c3ccncc32)c(-c2nc3ccccc3s2)c(-n2c3ccccc3c3ccncc32)c1-n1c2ccccc2c2ccncc21. The van der Waals surface area contributed by atoms with E-state index in [4.69, 9.17) is 54.8 Å². The highest BCUT2D eigenvalue weighted by atomic mass is 32.1. The maximum Gasteiger partial charge on any atom is 0.164 e. The van der Waals surface area contributed by atoms with Crippen LogP contribution in [0.3, 0.4) is 0 Å². The van der Waals surface area contributed by atoms with Gasteiger partial charge in [-0.2, -0.15) is 10.5 Å². The van der Waals surface area contributed by atoms with Crippen molar-refractivity contribution >= 4 is 196 Å². The van der Waals surface area contributed by atoms with Crippen LogP contribution < -0.4 is 0 Å². The first kappa shape index (κ1) is 82.3. The predicted molar refractivity (Wildman–Crippen MR) is 590 cm³/mol. The number of fused-ring (bicyclic) bond motifs is 25. The van der Waals surface area contributed by atoms with Gasteiger partial charge in [0.1, 0.15) is 28.3 Å². The fourth-order valence-corrected chi connectivity index (χ4v) is 24.3. The van der Waals surface area contributed by atoms with Crippen LogP contribution >= 0.6 is 11.3 Å². The molecule has 0 aliphatic rings. The molecule has 18 aromatic heterocycles. The van der Waals surface area contributed by atoms with Crippen molar-refractivity contribution in [3.63, 3.8) is 0 Å². The first-order valence-electron chi connectivity index (χ1n) is 48.3. The van der Waals surface area contributed by atoms with Crippen LogP contribution in [-0.4, -0.2) is 91.4 Å². The largest absolute Gasteiger partial charge is 0.305 e. The second kappa shape index (κ2) is 32.5. The second-order valence-electron chi connectivity index (χ2n) is 36.7. The molecule has 22 heteroatoms. The van der Waals surface area contributed by atoms with E-state index < -0.39 is 0 Å². The first-order chi connectivity index (χ1) is 73.0. The van der Waals surface area contributed by atoms with Crippen LogP contribution in [0.2, 0.25) is 0 Å². The van der Waals surface area contributed by atoms with Crippen molar-refractivity contribution in [1.82, 2.24) is 91.4 Å². The Morgan fingerprint density at radius 3 is 0.653 bits per heavy atom. The summed E-state index contributed by atoms with van der Waals surface area (Å²) >= 11 is 1.64. The molecule has 18 heterocycles. The molecule has 0 spiro atoms. The van der Waals surface area contributed by atoms with E-state index >= 15 is 0 Å². The van der Waals surface area contributed by atoms with Gasteiger partial charge in [-0.1, -0.05) is 218 Å². The van der Waals surface area contributed by atoms with Gasteiger partial charge in [-0.25, -0.2) is 15.0 Å². The van der Waals surface area contributed by atoms with Crippen LogP contribution in [0.25, 0.3) is 275 Å². The Kier molecular flexibility index (Phi) is 18.2. The van der Waals surface area contributed by atoms with Crippen molar-refractivity contribution < 1.29 is 0 Å². The normalized spacial score (nSPS) is 11.9. The summed E-state index contributed by atoms with van der Waals surface area (Å²) in [6.07, 6.45) is 30.1. The number of benzene rings is 13. The predicted octanol–water partition coefficient (Wildman–Crippen LogP) is 29.1. The van der Waals surface area contributed by atoms with E-state index in [-0.39, 0.29) is 0 Å². The highest BCUT2D eigenvalue weighted by molar-refractivity contribution is 7.21. The molecule has 21 nitrogen and oxygen atoms in total. The summed E-state index contributed by atoms with van der Waals surface area (Å²) in [5.41, 5.74) is 25.9. The number of para-hydroxylation sites is 9. The Bertz CT molecular complexity index is 10100. The van der Waals surface area contributed by atoms with Gasteiger partial charge in [0, 0.05) is 147 Å². The van der Waals surface area contributed by atoms with Gasteiger partial charge in [0.2, 0.25) is 0 Å². The van der Waals surface area contributed by atoms with E-state index in [1.807, 2.05) is 142 Å². The van der Waals surface area contributed by atoms with Crippen molar-refractivity contribution in [3.8, 4) is 102 Å². The van der Waals surface area contributed by atoms with E-state index in [9.17, 15) is 10.5 Å². The summed E-state index contributed by atoms with van der Waals surface area (Å²) in [7, 11) is 0. The monoisotopic (exact) mass is 1900 g/mol. The van der Waals surface area contributed by atoms with Gasteiger partial charge in [-0.3, -0.25) is 39.9 Å². The lowest BCUT2D eigenvalue weighted by molar-refractivity contribution is 1.02. The highest BCUT2D eigenvalue weighted by Gasteiger charge is 2.40. The Morgan fingerprint density at radius 2 is 0.408 bits per heavy atom. The zero-order valence-corrected chi connectivity index (χ0v) is 78.6. The summed E-state index contributed by atoms with van der Waals surface area (Å²) in [6, 6.07) is 121. The average Bonchev–Trinajstić information content (AvgIpc) is 1.53. The molecule has 31 rings (SSSR count). The number of rotatable bonds is 12. The Labute approximate surface area is 838 Å². The molecule has 0 radical (unpaired) electrons. The van der Waals surface area contributed by atoms with E-state index in [1.54, 1.807) is 11.3 Å². The van der Waals surface area contributed by atoms with E-state index in [2.05, 4.69) is 340 Å². The lowest BCUT2D eigenvalue weighted by Crippen LogP contribution is -2.17. The van der Waals surface area contributed by atoms with E-state index in [0.29, 0.717) is 56.6 Å². The van der Waals surface area contributed by atoms with Crippen molar-refractivity contribution in [2.24, 2.45) is 0 Å². The highest BCUT2D eigenvalue weighted by Crippen LogP contribution is 2.56. The summed E-state index contributed by atoms with van der Waals surface area (Å²) in [4.78, 5) is 55.8. The van der Waals surface area contributed by atoms with Gasteiger partial charge in [0.05, 0.1) is 216 Å². The lowest BCUT2D eigenvalue weighted by atomic mass is 9.97. The molecule has 0 unspecified atom stereocenters. The van der Waals surface area contributed by atoms with Crippen LogP contribution in [0.1, 0.15) is 11.1 Å². The fourth-order valence-electron chi connectivity index (χ4n) is 23.3. The van der Waals surface area contributed by atoms with Crippen LogP contribution in [0.4, 0.5) is 0 Å². The molecule has 0 aliphatic carbocycles. The summed E-state index contributed by atoms with van der Waals surface area (Å²) in [5.74, 6) is 0.426. The standard InChI is InChI=1S/C67H39N11.C58H32N10S/c68-36-51-63(75-54-23-11-7-19-43(54)47-27-31-69-37-58(47)75)65(77-56-25-13-9-21-45(56)49-29-33-71-39-60(49)77)62(67-73-52(41-15-3-1-4-16-41)35-53(74-67)42-17-5-2-6-18-42)66(78-57-26-14-10-22-46(57)50-30-34-72-40-61(50)78)64(51)76-55-24-12-8-20-44(55)48-28-32-70-38-59(48)76;59-29-42-54(65-44-16-6-1-11-34(44)38-21-25-60-30-48(38)65)56(67-46-18-8-3-13-36(46)40-23-27-62-32-50(40)67)53(58-64-43-15-5-10-20-52(43)69-58)57(68-47-19-9-4-14-37(47)41-24-28-63-33-51(41)68)55(42)66-45-17-7-2-12-35(45)39-22-26-61-31-49(39)66/h1-35,37-40H;1-28,30-33H. The third-order valence-corrected chi connectivity index (χ3v) is 30.3. The number of nitrogens with zero attached hydrogens (tertiary/aromatic N) is 21. The number of thiazole rings is 1. The lowest BCUT2D eigenvalue weighted by Gasteiger charge is -2.28. The molecular weight excluding hydrogens is 1830 g/mol. The summed E-state index contributed by atoms with van der Waals surface area (Å²) in [5, 5.41) is 42.5. The van der Waals surface area contributed by atoms with E-state index in [0.717, 1.165) is 229 Å². The van der Waals surface area contributed by atoms with Crippen LogP contribution in [0.15, 0.2) is 433 Å². The van der Waals surface area contributed by atoms with Gasteiger partial charge < -0.3 is 36.5 Å². The van der Waals surface area contributed by atoms with E-state index in [1.165, 1.54) is 0 Å². The number of nitriles is 2. The minimum Gasteiger partial charge on any atom is -0.305 e. The molecule has 682 valence electrons. The van der Waals surface area contributed by atoms with Gasteiger partial charge in [-0.05, 0) is 115 Å². The van der Waals surface area contributed by atoms with Gasteiger partial charge in [-0.15, -0.1) is 11.3 Å². The van der Waals surface area contributed by atoms with Crippen LogP contribution in [0, 0.1) is 22.7 Å². The summed E-state index contributed by atoms with van der Waals surface area (Å²) < 4.78 is 19.2. The number of pyridine rings is 8. The molecule has 0 bridgehead atoms. The maximum atomic E-state index is 12.8. The maximum absolute atomic E-state index is 12.8. The minimum atomic E-state index is 0.383. The zero-order valence-electron chi connectivity index (χ0n) is 77.8. The molecule has 0 N–H and O–H groups in total. The molecule has 31 aromatic rings. The molecule has 0 saturated carbocycles. The Hall–Kier alpha value is -20.6. The molecule has 0 aliphatic heterocycles. The average molecular weight is 1900 g/mol. The van der Waals surface area contributed by atoms with Gasteiger partial charge in [0.15, 0.2) is 5.82 Å². The molecule has 0 fully saturated rings. The number of aromatic nitrogens is 19. The molecular formula is C125H71N21S. The Balaban J connectivity index is 0.000000137. The van der Waals surface area contributed by atoms with Crippen molar-refractivity contribution in [1.29, 1.82) is 10.5 Å². The quantitative estimate of drug-likeness (QED) is 0.111.